The standard InChI is InChI=1S/C15H19NO/c1-10(2)11-6-12-8-14(17)4-5-15(12,3)13(7-11)9-16/h8,11,13H,1,4-7H2,2-3H3/t11-,13-,15+/m1/s1. The van der Waals surface area contributed by atoms with Crippen molar-refractivity contribution in [1.82, 2.24) is 0 Å². The van der Waals surface area contributed by atoms with Crippen LogP contribution < -0.4 is 0 Å². The Morgan fingerprint density at radius 3 is 2.94 bits per heavy atom. The van der Waals surface area contributed by atoms with Crippen molar-refractivity contribution in [3.05, 3.63) is 23.8 Å². The Morgan fingerprint density at radius 1 is 1.65 bits per heavy atom. The second kappa shape index (κ2) is 4.14. The van der Waals surface area contributed by atoms with Crippen molar-refractivity contribution in [2.24, 2.45) is 17.3 Å². The smallest absolute Gasteiger partial charge is 0.155 e. The third kappa shape index (κ3) is 1.95. The zero-order valence-corrected chi connectivity index (χ0v) is 10.6. The zero-order chi connectivity index (χ0) is 12.6. The molecule has 0 aliphatic heterocycles. The van der Waals surface area contributed by atoms with Crippen LogP contribution in [0.5, 0.6) is 0 Å². The highest BCUT2D eigenvalue weighted by molar-refractivity contribution is 5.91. The summed E-state index contributed by atoms with van der Waals surface area (Å²) in [4.78, 5) is 11.5. The Hall–Kier alpha value is -1.36. The van der Waals surface area contributed by atoms with E-state index in [-0.39, 0.29) is 17.1 Å². The molecule has 0 N–H and O–H groups in total. The van der Waals surface area contributed by atoms with Gasteiger partial charge in [0.25, 0.3) is 0 Å². The summed E-state index contributed by atoms with van der Waals surface area (Å²) in [6, 6.07) is 2.45. The second-order valence-corrected chi connectivity index (χ2v) is 5.72. The van der Waals surface area contributed by atoms with Crippen LogP contribution in [0.25, 0.3) is 0 Å². The first-order valence-electron chi connectivity index (χ1n) is 6.26. The van der Waals surface area contributed by atoms with Crippen molar-refractivity contribution in [3.8, 4) is 6.07 Å². The first-order valence-corrected chi connectivity index (χ1v) is 6.26. The number of hydrogen-bond acceptors (Lipinski definition) is 2. The van der Waals surface area contributed by atoms with Gasteiger partial charge in [0.05, 0.1) is 12.0 Å². The number of ketones is 1. The van der Waals surface area contributed by atoms with E-state index in [0.29, 0.717) is 12.3 Å². The van der Waals surface area contributed by atoms with Gasteiger partial charge in [-0.1, -0.05) is 24.6 Å². The molecule has 2 rings (SSSR count). The SMILES string of the molecule is C=C(C)[C@@H]1CC2=CC(=O)CC[C@]2(C)[C@@H](C#N)C1. The zero-order valence-electron chi connectivity index (χ0n) is 10.6. The normalized spacial score (nSPS) is 36.8. The molecule has 0 unspecified atom stereocenters. The van der Waals surface area contributed by atoms with Crippen LogP contribution in [-0.2, 0) is 4.79 Å². The van der Waals surface area contributed by atoms with E-state index in [2.05, 4.69) is 19.6 Å². The Morgan fingerprint density at radius 2 is 2.35 bits per heavy atom. The summed E-state index contributed by atoms with van der Waals surface area (Å²) in [7, 11) is 0. The molecule has 2 aliphatic rings. The summed E-state index contributed by atoms with van der Waals surface area (Å²) >= 11 is 0. The number of nitrogens with zero attached hydrogens (tertiary/aromatic N) is 1. The molecule has 0 saturated heterocycles. The lowest BCUT2D eigenvalue weighted by Crippen LogP contribution is -2.38. The monoisotopic (exact) mass is 229 g/mol. The highest BCUT2D eigenvalue weighted by Crippen LogP contribution is 2.52. The lowest BCUT2D eigenvalue weighted by atomic mass is 9.57. The fourth-order valence-electron chi connectivity index (χ4n) is 3.13. The summed E-state index contributed by atoms with van der Waals surface area (Å²) < 4.78 is 0. The molecule has 0 radical (unpaired) electrons. The minimum absolute atomic E-state index is 0.0253. The number of nitriles is 1. The average molecular weight is 229 g/mol. The molecule has 2 nitrogen and oxygen atoms in total. The molecular weight excluding hydrogens is 210 g/mol. The fourth-order valence-corrected chi connectivity index (χ4v) is 3.13. The summed E-state index contributed by atoms with van der Waals surface area (Å²) in [5.41, 5.74) is 2.24. The van der Waals surface area contributed by atoms with Crippen LogP contribution in [0, 0.1) is 28.6 Å². The maximum Gasteiger partial charge on any atom is 0.155 e. The Balaban J connectivity index is 2.38. The molecule has 0 heterocycles. The number of allylic oxidation sites excluding steroid dienone is 3. The second-order valence-electron chi connectivity index (χ2n) is 5.72. The highest BCUT2D eigenvalue weighted by Gasteiger charge is 2.45. The molecule has 90 valence electrons. The van der Waals surface area contributed by atoms with Crippen LogP contribution >= 0.6 is 0 Å². The molecule has 1 fully saturated rings. The molecule has 0 amide bonds. The van der Waals surface area contributed by atoms with Crippen molar-refractivity contribution in [1.29, 1.82) is 5.26 Å². The lowest BCUT2D eigenvalue weighted by Gasteiger charge is -2.45. The Bertz CT molecular complexity index is 440. The van der Waals surface area contributed by atoms with Crippen LogP contribution in [0.4, 0.5) is 0 Å². The van der Waals surface area contributed by atoms with Crippen molar-refractivity contribution in [2.75, 3.05) is 0 Å². The predicted octanol–water partition coefficient (Wildman–Crippen LogP) is 3.41. The summed E-state index contributed by atoms with van der Waals surface area (Å²) in [5, 5.41) is 9.37. The molecule has 0 spiro atoms. The quantitative estimate of drug-likeness (QED) is 0.646. The van der Waals surface area contributed by atoms with Crippen LogP contribution in [0.1, 0.15) is 39.5 Å². The topological polar surface area (TPSA) is 40.9 Å². The molecule has 0 aromatic rings. The van der Waals surface area contributed by atoms with E-state index in [9.17, 15) is 10.1 Å². The van der Waals surface area contributed by atoms with E-state index in [1.165, 1.54) is 5.57 Å². The van der Waals surface area contributed by atoms with Gasteiger partial charge in [0, 0.05) is 11.8 Å². The van der Waals surface area contributed by atoms with Crippen molar-refractivity contribution in [2.45, 2.75) is 39.5 Å². The van der Waals surface area contributed by atoms with E-state index in [0.717, 1.165) is 24.8 Å². The molecule has 1 saturated carbocycles. The first-order chi connectivity index (χ1) is 7.97. The maximum absolute atomic E-state index is 11.5. The Labute approximate surface area is 103 Å². The molecule has 0 aromatic carbocycles. The maximum atomic E-state index is 11.5. The number of hydrogen-bond donors (Lipinski definition) is 0. The van der Waals surface area contributed by atoms with Crippen LogP contribution in [0.3, 0.4) is 0 Å². The lowest BCUT2D eigenvalue weighted by molar-refractivity contribution is -0.116. The average Bonchev–Trinajstić information content (AvgIpc) is 2.28. The minimum Gasteiger partial charge on any atom is -0.295 e. The van der Waals surface area contributed by atoms with Gasteiger partial charge in [-0.25, -0.2) is 0 Å². The molecule has 0 bridgehead atoms. The van der Waals surface area contributed by atoms with Crippen LogP contribution in [-0.4, -0.2) is 5.78 Å². The number of carbonyl (C=O) groups is 1. The third-order valence-corrected chi connectivity index (χ3v) is 4.57. The number of rotatable bonds is 1. The van der Waals surface area contributed by atoms with Crippen molar-refractivity contribution < 1.29 is 4.79 Å². The van der Waals surface area contributed by atoms with E-state index >= 15 is 0 Å². The molecule has 2 aliphatic carbocycles. The highest BCUT2D eigenvalue weighted by atomic mass is 16.1. The van der Waals surface area contributed by atoms with Crippen molar-refractivity contribution >= 4 is 5.78 Å². The van der Waals surface area contributed by atoms with Crippen LogP contribution in [0.2, 0.25) is 0 Å². The summed E-state index contributed by atoms with van der Waals surface area (Å²) in [5.74, 6) is 0.610. The minimum atomic E-state index is -0.0748. The van der Waals surface area contributed by atoms with Crippen LogP contribution in [0.15, 0.2) is 23.8 Å². The number of carbonyl (C=O) groups excluding carboxylic acids is 1. The van der Waals surface area contributed by atoms with E-state index in [1.807, 2.05) is 6.92 Å². The Kier molecular flexibility index (Phi) is 2.95. The summed E-state index contributed by atoms with van der Waals surface area (Å²) in [6.45, 7) is 8.17. The molecular formula is C15H19NO. The van der Waals surface area contributed by atoms with E-state index in [1.54, 1.807) is 6.08 Å². The third-order valence-electron chi connectivity index (χ3n) is 4.57. The number of fused-ring (bicyclic) bond motifs is 1. The molecule has 17 heavy (non-hydrogen) atoms. The molecule has 0 aromatic heterocycles. The first kappa shape index (κ1) is 12.1. The fraction of sp³-hybridized carbons (Fsp3) is 0.600. The molecule has 3 atom stereocenters. The van der Waals surface area contributed by atoms with Gasteiger partial charge in [-0.3, -0.25) is 4.79 Å². The summed E-state index contributed by atoms with van der Waals surface area (Å²) in [6.07, 6.45) is 5.03. The van der Waals surface area contributed by atoms with E-state index in [4.69, 9.17) is 0 Å². The van der Waals surface area contributed by atoms with Gasteiger partial charge >= 0.3 is 0 Å². The van der Waals surface area contributed by atoms with Gasteiger partial charge in [0.15, 0.2) is 5.78 Å². The predicted molar refractivity (Wildman–Crippen MR) is 67.1 cm³/mol. The van der Waals surface area contributed by atoms with E-state index < -0.39 is 0 Å². The van der Waals surface area contributed by atoms with Gasteiger partial charge in [0.1, 0.15) is 0 Å². The van der Waals surface area contributed by atoms with Gasteiger partial charge in [-0.15, -0.1) is 0 Å². The van der Waals surface area contributed by atoms with Gasteiger partial charge in [-0.05, 0) is 38.2 Å². The van der Waals surface area contributed by atoms with Gasteiger partial charge < -0.3 is 0 Å². The van der Waals surface area contributed by atoms with Gasteiger partial charge in [-0.2, -0.15) is 5.26 Å². The van der Waals surface area contributed by atoms with Gasteiger partial charge in [0.2, 0.25) is 0 Å². The van der Waals surface area contributed by atoms with Crippen molar-refractivity contribution in [3.63, 3.8) is 0 Å². The largest absolute Gasteiger partial charge is 0.295 e. The molecule has 2 heteroatoms.